The summed E-state index contributed by atoms with van der Waals surface area (Å²) in [5, 5.41) is 6.85. The minimum Gasteiger partial charge on any atom is -0.497 e. The molecule has 0 fully saturated rings. The summed E-state index contributed by atoms with van der Waals surface area (Å²) in [5.74, 6) is 3.39. The maximum atomic E-state index is 6.51. The van der Waals surface area contributed by atoms with Crippen LogP contribution in [0.1, 0.15) is 39.6 Å². The van der Waals surface area contributed by atoms with E-state index in [0.717, 1.165) is 50.3 Å². The molecule has 3 heterocycles. The Hall–Kier alpha value is -4.91. The van der Waals surface area contributed by atoms with Gasteiger partial charge in [-0.25, -0.2) is 14.5 Å². The van der Waals surface area contributed by atoms with E-state index in [1.165, 1.54) is 5.56 Å². The highest BCUT2D eigenvalue weighted by Gasteiger charge is 2.34. The van der Waals surface area contributed by atoms with E-state index in [0.29, 0.717) is 17.4 Å². The van der Waals surface area contributed by atoms with E-state index in [1.54, 1.807) is 18.0 Å². The Morgan fingerprint density at radius 2 is 1.77 bits per heavy atom. The fraction of sp³-hybridized carbons (Fsp3) is 0.156. The molecule has 0 aliphatic carbocycles. The first-order valence-corrected chi connectivity index (χ1v) is 12.9. The van der Waals surface area contributed by atoms with Gasteiger partial charge in [0.15, 0.2) is 11.5 Å². The molecule has 0 radical (unpaired) electrons. The molecule has 0 bridgehead atoms. The molecule has 2 aromatic heterocycles. The molecule has 39 heavy (non-hydrogen) atoms. The van der Waals surface area contributed by atoms with E-state index in [-0.39, 0.29) is 12.5 Å². The molecule has 7 rings (SSSR count). The predicted octanol–water partition coefficient (Wildman–Crippen LogP) is 6.77. The van der Waals surface area contributed by atoms with E-state index in [4.69, 9.17) is 29.3 Å². The molecule has 7 nitrogen and oxygen atoms in total. The summed E-state index contributed by atoms with van der Waals surface area (Å²) in [6.45, 7) is 4.37. The fourth-order valence-electron chi connectivity index (χ4n) is 5.32. The van der Waals surface area contributed by atoms with Gasteiger partial charge in [0.1, 0.15) is 30.2 Å². The van der Waals surface area contributed by atoms with Crippen molar-refractivity contribution in [3.8, 4) is 23.1 Å². The Kier molecular flexibility index (Phi) is 5.44. The first-order valence-electron chi connectivity index (χ1n) is 12.9. The summed E-state index contributed by atoms with van der Waals surface area (Å²) in [6.07, 6.45) is 1.66. The van der Waals surface area contributed by atoms with E-state index in [1.807, 2.05) is 36.4 Å². The van der Waals surface area contributed by atoms with Gasteiger partial charge in [0.05, 0.1) is 12.7 Å². The third-order valence-corrected chi connectivity index (χ3v) is 7.50. The highest BCUT2D eigenvalue weighted by atomic mass is 16.5. The SMILES string of the molecule is COc1ccc(C2c3ccc4ccccc4c3Oc3ncn4nc(COc5cccc(C)c5C)nc4c32)cc1. The first kappa shape index (κ1) is 23.2. The summed E-state index contributed by atoms with van der Waals surface area (Å²) in [5.41, 5.74) is 5.99. The van der Waals surface area contributed by atoms with E-state index >= 15 is 0 Å². The lowest BCUT2D eigenvalue weighted by Gasteiger charge is -2.28. The zero-order valence-corrected chi connectivity index (χ0v) is 21.9. The van der Waals surface area contributed by atoms with E-state index in [9.17, 15) is 0 Å². The highest BCUT2D eigenvalue weighted by molar-refractivity contribution is 5.91. The molecule has 192 valence electrons. The molecule has 4 aromatic carbocycles. The van der Waals surface area contributed by atoms with Gasteiger partial charge in [0.25, 0.3) is 0 Å². The molecule has 0 N–H and O–H groups in total. The van der Waals surface area contributed by atoms with Crippen molar-refractivity contribution in [1.29, 1.82) is 0 Å². The number of aryl methyl sites for hydroxylation is 1. The third kappa shape index (κ3) is 3.85. The lowest BCUT2D eigenvalue weighted by Crippen LogP contribution is -2.15. The molecule has 1 aliphatic heterocycles. The lowest BCUT2D eigenvalue weighted by atomic mass is 9.83. The lowest BCUT2D eigenvalue weighted by molar-refractivity contribution is 0.294. The van der Waals surface area contributed by atoms with Gasteiger partial charge >= 0.3 is 0 Å². The van der Waals surface area contributed by atoms with E-state index in [2.05, 4.69) is 56.3 Å². The third-order valence-electron chi connectivity index (χ3n) is 7.50. The van der Waals surface area contributed by atoms with Gasteiger partial charge in [-0.3, -0.25) is 0 Å². The smallest absolute Gasteiger partial charge is 0.228 e. The van der Waals surface area contributed by atoms with Crippen molar-refractivity contribution in [2.24, 2.45) is 0 Å². The van der Waals surface area contributed by atoms with Crippen LogP contribution in [0.2, 0.25) is 0 Å². The van der Waals surface area contributed by atoms with Gasteiger partial charge in [0, 0.05) is 16.9 Å². The zero-order chi connectivity index (χ0) is 26.5. The van der Waals surface area contributed by atoms with Crippen LogP contribution in [0.3, 0.4) is 0 Å². The quantitative estimate of drug-likeness (QED) is 0.253. The molecule has 0 spiro atoms. The number of ether oxygens (including phenoxy) is 3. The van der Waals surface area contributed by atoms with E-state index < -0.39 is 0 Å². The van der Waals surface area contributed by atoms with Crippen molar-refractivity contribution < 1.29 is 14.2 Å². The molecule has 0 saturated carbocycles. The molecule has 7 heteroatoms. The largest absolute Gasteiger partial charge is 0.497 e. The number of fused-ring (bicyclic) bond motifs is 6. The number of benzene rings is 4. The van der Waals surface area contributed by atoms with Crippen LogP contribution in [0.5, 0.6) is 23.1 Å². The normalized spacial score (nSPS) is 14.1. The standard InChI is InChI=1S/C32H26N4O3/c1-19-7-6-10-26(20(19)2)38-17-27-34-31-29-28(22-11-14-23(37-3)15-12-22)25-16-13-21-8-4-5-9-24(21)30(25)39-32(29)33-18-36(31)35-27/h4-16,18,28H,17H2,1-3H3. The number of nitrogens with zero attached hydrogens (tertiary/aromatic N) is 4. The van der Waals surface area contributed by atoms with Gasteiger partial charge in [-0.15, -0.1) is 5.10 Å². The zero-order valence-electron chi connectivity index (χ0n) is 21.9. The van der Waals surface area contributed by atoms with Gasteiger partial charge in [0.2, 0.25) is 5.88 Å². The van der Waals surface area contributed by atoms with Crippen molar-refractivity contribution in [3.05, 3.63) is 119 Å². The molecule has 1 atom stereocenters. The van der Waals surface area contributed by atoms with Gasteiger partial charge < -0.3 is 14.2 Å². The van der Waals surface area contributed by atoms with Gasteiger partial charge in [-0.1, -0.05) is 60.7 Å². The summed E-state index contributed by atoms with van der Waals surface area (Å²) in [6, 6.07) is 26.7. The average Bonchev–Trinajstić information content (AvgIpc) is 3.40. The van der Waals surface area contributed by atoms with Gasteiger partial charge in [-0.05, 0) is 54.1 Å². The minimum atomic E-state index is -0.160. The molecule has 1 unspecified atom stereocenters. The molecular weight excluding hydrogens is 488 g/mol. The number of hydrogen-bond donors (Lipinski definition) is 0. The Morgan fingerprint density at radius 1 is 0.923 bits per heavy atom. The summed E-state index contributed by atoms with van der Waals surface area (Å²) in [7, 11) is 1.67. The molecule has 0 saturated heterocycles. The Balaban J connectivity index is 1.37. The van der Waals surface area contributed by atoms with Crippen LogP contribution in [0.25, 0.3) is 16.4 Å². The second-order valence-corrected chi connectivity index (χ2v) is 9.76. The van der Waals surface area contributed by atoms with Crippen molar-refractivity contribution in [1.82, 2.24) is 19.6 Å². The molecular formula is C32H26N4O3. The first-order chi connectivity index (χ1) is 19.1. The second kappa shape index (κ2) is 9.13. The van der Waals surface area contributed by atoms with Crippen molar-refractivity contribution in [2.75, 3.05) is 7.11 Å². The molecule has 1 aliphatic rings. The Bertz CT molecular complexity index is 1860. The minimum absolute atomic E-state index is 0.160. The van der Waals surface area contributed by atoms with Crippen LogP contribution in [-0.2, 0) is 6.61 Å². The van der Waals surface area contributed by atoms with Crippen LogP contribution in [-0.4, -0.2) is 26.7 Å². The van der Waals surface area contributed by atoms with Crippen LogP contribution in [0.15, 0.2) is 85.2 Å². The number of aromatic nitrogens is 4. The summed E-state index contributed by atoms with van der Waals surface area (Å²) < 4.78 is 19.8. The molecule has 6 aromatic rings. The number of rotatable bonds is 5. The van der Waals surface area contributed by atoms with Crippen LogP contribution in [0, 0.1) is 13.8 Å². The predicted molar refractivity (Wildman–Crippen MR) is 149 cm³/mol. The molecule has 0 amide bonds. The fourth-order valence-corrected chi connectivity index (χ4v) is 5.32. The average molecular weight is 515 g/mol. The maximum absolute atomic E-state index is 6.51. The summed E-state index contributed by atoms with van der Waals surface area (Å²) in [4.78, 5) is 9.61. The Morgan fingerprint density at radius 3 is 2.62 bits per heavy atom. The monoisotopic (exact) mass is 514 g/mol. The van der Waals surface area contributed by atoms with Crippen molar-refractivity contribution >= 4 is 16.4 Å². The van der Waals surface area contributed by atoms with Crippen molar-refractivity contribution in [2.45, 2.75) is 26.4 Å². The second-order valence-electron chi connectivity index (χ2n) is 9.76. The maximum Gasteiger partial charge on any atom is 0.228 e. The number of methoxy groups -OCH3 is 1. The Labute approximate surface area is 225 Å². The van der Waals surface area contributed by atoms with Crippen LogP contribution in [0.4, 0.5) is 0 Å². The number of hydrogen-bond acceptors (Lipinski definition) is 6. The van der Waals surface area contributed by atoms with Gasteiger partial charge in [-0.2, -0.15) is 0 Å². The summed E-state index contributed by atoms with van der Waals surface area (Å²) >= 11 is 0. The highest BCUT2D eigenvalue weighted by Crippen LogP contribution is 2.50. The van der Waals surface area contributed by atoms with Crippen LogP contribution < -0.4 is 14.2 Å². The van der Waals surface area contributed by atoms with Crippen molar-refractivity contribution in [3.63, 3.8) is 0 Å². The van der Waals surface area contributed by atoms with Crippen LogP contribution >= 0.6 is 0 Å². The topological polar surface area (TPSA) is 70.8 Å².